The van der Waals surface area contributed by atoms with Crippen molar-refractivity contribution in [3.05, 3.63) is 17.5 Å². The first kappa shape index (κ1) is 10.3. The quantitative estimate of drug-likeness (QED) is 0.822. The fourth-order valence-electron chi connectivity index (χ4n) is 3.30. The van der Waals surface area contributed by atoms with Gasteiger partial charge in [0.1, 0.15) is 5.82 Å². The molecular formula is C12H16ClN3. The molecule has 0 amide bonds. The summed E-state index contributed by atoms with van der Waals surface area (Å²) in [7, 11) is 0. The predicted octanol–water partition coefficient (Wildman–Crippen LogP) is 2.98. The molecule has 3 nitrogen and oxygen atoms in total. The number of aromatic nitrogens is 2. The number of fused-ring (bicyclic) bond motifs is 2. The van der Waals surface area contributed by atoms with E-state index in [0.29, 0.717) is 5.28 Å². The molecule has 16 heavy (non-hydrogen) atoms. The lowest BCUT2D eigenvalue weighted by molar-refractivity contribution is 0.348. The van der Waals surface area contributed by atoms with Crippen molar-refractivity contribution < 1.29 is 0 Å². The summed E-state index contributed by atoms with van der Waals surface area (Å²) in [6, 6.07) is 1.87. The number of halogens is 1. The molecule has 3 unspecified atom stereocenters. The minimum absolute atomic E-state index is 0.318. The van der Waals surface area contributed by atoms with E-state index in [1.54, 1.807) is 6.20 Å². The maximum atomic E-state index is 5.74. The van der Waals surface area contributed by atoms with Gasteiger partial charge in [-0.3, -0.25) is 0 Å². The Kier molecular flexibility index (Phi) is 2.72. The van der Waals surface area contributed by atoms with E-state index in [0.717, 1.165) is 30.1 Å². The fourth-order valence-corrected chi connectivity index (χ4v) is 3.44. The zero-order valence-corrected chi connectivity index (χ0v) is 9.95. The molecule has 0 aliphatic heterocycles. The second-order valence-electron chi connectivity index (χ2n) is 5.03. The van der Waals surface area contributed by atoms with E-state index < -0.39 is 0 Å². The third-order valence-corrected chi connectivity index (χ3v) is 4.24. The highest BCUT2D eigenvalue weighted by molar-refractivity contribution is 6.28. The van der Waals surface area contributed by atoms with Gasteiger partial charge in [-0.15, -0.1) is 0 Å². The Balaban J connectivity index is 1.57. The summed E-state index contributed by atoms with van der Waals surface area (Å²) in [6.45, 7) is 1.04. The molecule has 1 aromatic rings. The van der Waals surface area contributed by atoms with Crippen LogP contribution in [0.2, 0.25) is 5.28 Å². The van der Waals surface area contributed by atoms with Crippen LogP contribution in [0.1, 0.15) is 25.7 Å². The Morgan fingerprint density at radius 1 is 1.38 bits per heavy atom. The van der Waals surface area contributed by atoms with Crippen LogP contribution in [0, 0.1) is 17.8 Å². The zero-order valence-electron chi connectivity index (χ0n) is 9.19. The van der Waals surface area contributed by atoms with Crippen LogP contribution in [0.3, 0.4) is 0 Å². The van der Waals surface area contributed by atoms with Gasteiger partial charge in [0.2, 0.25) is 5.28 Å². The SMILES string of the molecule is Clc1nccc(NCC2CC3CCC2C3)n1. The average Bonchev–Trinajstić information content (AvgIpc) is 2.88. The third kappa shape index (κ3) is 2.01. The van der Waals surface area contributed by atoms with Crippen molar-refractivity contribution in [3.8, 4) is 0 Å². The molecule has 2 saturated carbocycles. The van der Waals surface area contributed by atoms with Crippen LogP contribution < -0.4 is 5.32 Å². The van der Waals surface area contributed by atoms with Gasteiger partial charge in [0, 0.05) is 12.7 Å². The minimum atomic E-state index is 0.318. The molecule has 3 rings (SSSR count). The van der Waals surface area contributed by atoms with Crippen molar-refractivity contribution in [1.82, 2.24) is 9.97 Å². The second-order valence-corrected chi connectivity index (χ2v) is 5.36. The summed E-state index contributed by atoms with van der Waals surface area (Å²) in [5, 5.41) is 3.69. The van der Waals surface area contributed by atoms with Gasteiger partial charge in [-0.1, -0.05) is 6.42 Å². The highest BCUT2D eigenvalue weighted by Gasteiger charge is 2.38. The van der Waals surface area contributed by atoms with E-state index in [-0.39, 0.29) is 0 Å². The Bertz CT molecular complexity index is 382. The Morgan fingerprint density at radius 3 is 3.00 bits per heavy atom. The van der Waals surface area contributed by atoms with Crippen molar-refractivity contribution in [2.24, 2.45) is 17.8 Å². The monoisotopic (exact) mass is 237 g/mol. The largest absolute Gasteiger partial charge is 0.370 e. The van der Waals surface area contributed by atoms with Gasteiger partial charge < -0.3 is 5.32 Å². The molecular weight excluding hydrogens is 222 g/mol. The van der Waals surface area contributed by atoms with Gasteiger partial charge in [0.05, 0.1) is 0 Å². The molecule has 1 heterocycles. The van der Waals surface area contributed by atoms with Crippen molar-refractivity contribution in [1.29, 1.82) is 0 Å². The molecule has 1 N–H and O–H groups in total. The van der Waals surface area contributed by atoms with Crippen molar-refractivity contribution >= 4 is 17.4 Å². The van der Waals surface area contributed by atoms with Gasteiger partial charge in [-0.25, -0.2) is 9.97 Å². The number of nitrogens with one attached hydrogen (secondary N) is 1. The topological polar surface area (TPSA) is 37.8 Å². The van der Waals surface area contributed by atoms with Crippen LogP contribution in [-0.2, 0) is 0 Å². The maximum absolute atomic E-state index is 5.74. The minimum Gasteiger partial charge on any atom is -0.370 e. The molecule has 1 aromatic heterocycles. The first-order valence-corrected chi connectivity index (χ1v) is 6.41. The molecule has 86 valence electrons. The number of nitrogens with zero attached hydrogens (tertiary/aromatic N) is 2. The van der Waals surface area contributed by atoms with Gasteiger partial charge in [0.25, 0.3) is 0 Å². The summed E-state index contributed by atoms with van der Waals surface area (Å²) >= 11 is 5.74. The average molecular weight is 238 g/mol. The maximum Gasteiger partial charge on any atom is 0.224 e. The van der Waals surface area contributed by atoms with Crippen molar-refractivity contribution in [2.75, 3.05) is 11.9 Å². The zero-order chi connectivity index (χ0) is 11.0. The summed E-state index contributed by atoms with van der Waals surface area (Å²) in [5.41, 5.74) is 0. The standard InChI is InChI=1S/C12H16ClN3/c13-12-14-4-3-11(16-12)15-7-10-6-8-1-2-9(10)5-8/h3-4,8-10H,1-2,5-7H2,(H,14,15,16). The van der Waals surface area contributed by atoms with E-state index in [1.165, 1.54) is 25.7 Å². The predicted molar refractivity (Wildman–Crippen MR) is 64.5 cm³/mol. The van der Waals surface area contributed by atoms with E-state index in [1.807, 2.05) is 6.07 Å². The van der Waals surface area contributed by atoms with Crippen LogP contribution in [0.15, 0.2) is 12.3 Å². The molecule has 0 aromatic carbocycles. The van der Waals surface area contributed by atoms with Crippen LogP contribution >= 0.6 is 11.6 Å². The number of anilines is 1. The van der Waals surface area contributed by atoms with Crippen molar-refractivity contribution in [2.45, 2.75) is 25.7 Å². The normalized spacial score (nSPS) is 31.9. The summed E-state index contributed by atoms with van der Waals surface area (Å²) in [5.74, 6) is 3.65. The molecule has 2 bridgehead atoms. The lowest BCUT2D eigenvalue weighted by Crippen LogP contribution is -2.20. The van der Waals surface area contributed by atoms with Gasteiger partial charge in [-0.05, 0) is 54.7 Å². The molecule has 4 heteroatoms. The Hall–Kier alpha value is -0.830. The van der Waals surface area contributed by atoms with Crippen LogP contribution in [-0.4, -0.2) is 16.5 Å². The summed E-state index contributed by atoms with van der Waals surface area (Å²) in [6.07, 6.45) is 7.44. The lowest BCUT2D eigenvalue weighted by atomic mass is 9.89. The fraction of sp³-hybridized carbons (Fsp3) is 0.667. The molecule has 0 saturated heterocycles. The molecule has 0 spiro atoms. The van der Waals surface area contributed by atoms with Crippen LogP contribution in [0.4, 0.5) is 5.82 Å². The molecule has 2 aliphatic rings. The van der Waals surface area contributed by atoms with E-state index in [4.69, 9.17) is 11.6 Å². The van der Waals surface area contributed by atoms with E-state index >= 15 is 0 Å². The number of rotatable bonds is 3. The molecule has 0 radical (unpaired) electrons. The van der Waals surface area contributed by atoms with E-state index in [2.05, 4.69) is 15.3 Å². The van der Waals surface area contributed by atoms with E-state index in [9.17, 15) is 0 Å². The van der Waals surface area contributed by atoms with Gasteiger partial charge >= 0.3 is 0 Å². The molecule has 3 atom stereocenters. The first-order chi connectivity index (χ1) is 7.81. The first-order valence-electron chi connectivity index (χ1n) is 6.03. The third-order valence-electron chi connectivity index (χ3n) is 4.06. The van der Waals surface area contributed by atoms with Crippen molar-refractivity contribution in [3.63, 3.8) is 0 Å². The molecule has 2 fully saturated rings. The van der Waals surface area contributed by atoms with Gasteiger partial charge in [-0.2, -0.15) is 0 Å². The highest BCUT2D eigenvalue weighted by Crippen LogP contribution is 2.48. The highest BCUT2D eigenvalue weighted by atomic mass is 35.5. The Morgan fingerprint density at radius 2 is 2.31 bits per heavy atom. The smallest absolute Gasteiger partial charge is 0.224 e. The summed E-state index contributed by atoms with van der Waals surface area (Å²) < 4.78 is 0. The Labute approximate surface area is 101 Å². The van der Waals surface area contributed by atoms with Gasteiger partial charge in [0.15, 0.2) is 0 Å². The lowest BCUT2D eigenvalue weighted by Gasteiger charge is -2.21. The van der Waals surface area contributed by atoms with Crippen LogP contribution in [0.25, 0.3) is 0 Å². The number of hydrogen-bond acceptors (Lipinski definition) is 3. The molecule has 2 aliphatic carbocycles. The summed E-state index contributed by atoms with van der Waals surface area (Å²) in [4.78, 5) is 8.01. The number of hydrogen-bond donors (Lipinski definition) is 1. The second kappa shape index (κ2) is 4.21. The van der Waals surface area contributed by atoms with Crippen LogP contribution in [0.5, 0.6) is 0 Å².